The smallest absolute Gasteiger partial charge is 0.253 e. The molecule has 4 nitrogen and oxygen atoms in total. The third-order valence-corrected chi connectivity index (χ3v) is 4.64. The van der Waals surface area contributed by atoms with Crippen molar-refractivity contribution in [1.29, 1.82) is 0 Å². The van der Waals surface area contributed by atoms with Crippen LogP contribution in [0.25, 0.3) is 0 Å². The summed E-state index contributed by atoms with van der Waals surface area (Å²) in [5.41, 5.74) is 0.886. The van der Waals surface area contributed by atoms with Crippen molar-refractivity contribution >= 4 is 23.3 Å². The number of anilines is 2. The first-order valence-corrected chi connectivity index (χ1v) is 8.83. The topological polar surface area (TPSA) is 31.2 Å². The predicted molar refractivity (Wildman–Crippen MR) is 105 cm³/mol. The summed E-state index contributed by atoms with van der Waals surface area (Å²) in [6, 6.07) is 10.7. The zero-order chi connectivity index (χ0) is 20.6. The molecule has 0 N–H and O–H groups in total. The van der Waals surface area contributed by atoms with Gasteiger partial charge in [0.1, 0.15) is 11.9 Å². The monoisotopic (exact) mass is 400 g/mol. The molecule has 0 fully saturated rings. The highest BCUT2D eigenvalue weighted by atomic mass is 19.4. The lowest BCUT2D eigenvalue weighted by atomic mass is 10.0. The van der Waals surface area contributed by atoms with E-state index in [1.807, 2.05) is 0 Å². The van der Waals surface area contributed by atoms with Gasteiger partial charge in [0.15, 0.2) is 0 Å². The molecule has 0 bridgehead atoms. The molecule has 2 aromatic rings. The molecular formula is C21H16F4N4. The van der Waals surface area contributed by atoms with E-state index in [1.165, 1.54) is 28.2 Å². The molecule has 29 heavy (non-hydrogen) atoms. The van der Waals surface area contributed by atoms with Gasteiger partial charge < -0.3 is 0 Å². The van der Waals surface area contributed by atoms with E-state index in [2.05, 4.69) is 16.8 Å². The van der Waals surface area contributed by atoms with Gasteiger partial charge >= 0.3 is 6.18 Å². The fourth-order valence-electron chi connectivity index (χ4n) is 3.22. The first kappa shape index (κ1) is 18.9. The molecule has 148 valence electrons. The van der Waals surface area contributed by atoms with Crippen LogP contribution in [-0.2, 0) is 6.18 Å². The molecule has 0 aromatic heterocycles. The maximum atomic E-state index is 14.3. The van der Waals surface area contributed by atoms with E-state index in [0.29, 0.717) is 23.4 Å². The van der Waals surface area contributed by atoms with Crippen LogP contribution in [0, 0.1) is 5.82 Å². The number of nitrogens with zero attached hydrogens (tertiary/aromatic N) is 4. The van der Waals surface area contributed by atoms with Crippen LogP contribution < -0.4 is 10.0 Å². The fourth-order valence-corrected chi connectivity index (χ4v) is 3.22. The van der Waals surface area contributed by atoms with Crippen LogP contribution in [-0.4, -0.2) is 18.0 Å². The lowest BCUT2D eigenvalue weighted by molar-refractivity contribution is -0.137. The molecule has 8 heteroatoms. The summed E-state index contributed by atoms with van der Waals surface area (Å²) in [5.74, 6) is -0.427. The molecule has 4 rings (SSSR count). The van der Waals surface area contributed by atoms with Gasteiger partial charge in [-0.05, 0) is 42.0 Å². The molecule has 0 amide bonds. The largest absolute Gasteiger partial charge is 0.416 e. The Morgan fingerprint density at radius 3 is 2.62 bits per heavy atom. The number of hydrogen-bond acceptors (Lipinski definition) is 4. The van der Waals surface area contributed by atoms with Crippen LogP contribution in [0.5, 0.6) is 0 Å². The van der Waals surface area contributed by atoms with Crippen molar-refractivity contribution in [2.24, 2.45) is 10.2 Å². The van der Waals surface area contributed by atoms with Crippen molar-refractivity contribution in [3.63, 3.8) is 0 Å². The van der Waals surface area contributed by atoms with Crippen molar-refractivity contribution in [2.45, 2.75) is 18.6 Å². The van der Waals surface area contributed by atoms with Crippen LogP contribution in [0.2, 0.25) is 0 Å². The molecule has 0 radical (unpaired) electrons. The number of rotatable bonds is 3. The van der Waals surface area contributed by atoms with Crippen molar-refractivity contribution in [3.8, 4) is 0 Å². The number of benzene rings is 2. The summed E-state index contributed by atoms with van der Waals surface area (Å²) in [6.07, 6.45) is 0.883. The molecule has 2 aliphatic rings. The number of allylic oxidation sites excluding steroid dienone is 1. The SMILES string of the molecule is C=C1C=CN(c2cccc(C(F)(F)F)c2)N=C1C1CC=NN1c1ccccc1F. The Kier molecular flexibility index (Phi) is 4.70. The number of hydrazone groups is 2. The normalized spacial score (nSPS) is 19.1. The molecule has 0 spiro atoms. The summed E-state index contributed by atoms with van der Waals surface area (Å²) < 4.78 is 53.4. The minimum atomic E-state index is -4.45. The quantitative estimate of drug-likeness (QED) is 0.650. The van der Waals surface area contributed by atoms with Crippen LogP contribution in [0.4, 0.5) is 28.9 Å². The van der Waals surface area contributed by atoms with E-state index in [-0.39, 0.29) is 5.69 Å². The first-order chi connectivity index (χ1) is 13.8. The number of alkyl halides is 3. The van der Waals surface area contributed by atoms with Gasteiger partial charge in [0, 0.05) is 18.8 Å². The molecule has 1 atom stereocenters. The van der Waals surface area contributed by atoms with Crippen LogP contribution in [0.3, 0.4) is 0 Å². The average Bonchev–Trinajstić information content (AvgIpc) is 3.17. The summed E-state index contributed by atoms with van der Waals surface area (Å²) in [4.78, 5) is 0. The van der Waals surface area contributed by atoms with Crippen LogP contribution >= 0.6 is 0 Å². The summed E-state index contributed by atoms with van der Waals surface area (Å²) in [6.45, 7) is 3.98. The van der Waals surface area contributed by atoms with Crippen molar-refractivity contribution < 1.29 is 17.6 Å². The van der Waals surface area contributed by atoms with E-state index in [4.69, 9.17) is 0 Å². The Balaban J connectivity index is 1.68. The highest BCUT2D eigenvalue weighted by Gasteiger charge is 2.33. The van der Waals surface area contributed by atoms with Gasteiger partial charge in [-0.3, -0.25) is 5.01 Å². The summed E-state index contributed by atoms with van der Waals surface area (Å²) in [5, 5.41) is 11.6. The van der Waals surface area contributed by atoms with Crippen molar-refractivity contribution in [3.05, 3.63) is 84.3 Å². The zero-order valence-corrected chi connectivity index (χ0v) is 15.1. The second kappa shape index (κ2) is 7.20. The minimum absolute atomic E-state index is 0.262. The van der Waals surface area contributed by atoms with Gasteiger partial charge in [-0.15, -0.1) is 0 Å². The van der Waals surface area contributed by atoms with Crippen LogP contribution in [0.15, 0.2) is 83.2 Å². The molecule has 2 aliphatic heterocycles. The second-order valence-electron chi connectivity index (χ2n) is 6.56. The van der Waals surface area contributed by atoms with E-state index >= 15 is 0 Å². The molecule has 0 aliphatic carbocycles. The highest BCUT2D eigenvalue weighted by Crippen LogP contribution is 2.33. The van der Waals surface area contributed by atoms with Gasteiger partial charge in [-0.1, -0.05) is 24.8 Å². The van der Waals surface area contributed by atoms with Gasteiger partial charge in [0.05, 0.1) is 22.6 Å². The minimum Gasteiger partial charge on any atom is -0.253 e. The Morgan fingerprint density at radius 2 is 1.86 bits per heavy atom. The van der Waals surface area contributed by atoms with Gasteiger partial charge in [0.25, 0.3) is 0 Å². The maximum Gasteiger partial charge on any atom is 0.416 e. The van der Waals surface area contributed by atoms with Gasteiger partial charge in [-0.2, -0.15) is 23.4 Å². The van der Waals surface area contributed by atoms with E-state index in [9.17, 15) is 17.6 Å². The third-order valence-electron chi connectivity index (χ3n) is 4.64. The van der Waals surface area contributed by atoms with E-state index in [1.54, 1.807) is 36.7 Å². The second-order valence-corrected chi connectivity index (χ2v) is 6.56. The van der Waals surface area contributed by atoms with Crippen LogP contribution in [0.1, 0.15) is 12.0 Å². The molecular weight excluding hydrogens is 384 g/mol. The van der Waals surface area contributed by atoms with Gasteiger partial charge in [0.2, 0.25) is 0 Å². The third kappa shape index (κ3) is 3.65. The predicted octanol–water partition coefficient (Wildman–Crippen LogP) is 5.36. The highest BCUT2D eigenvalue weighted by molar-refractivity contribution is 6.10. The van der Waals surface area contributed by atoms with E-state index < -0.39 is 23.6 Å². The first-order valence-electron chi connectivity index (χ1n) is 8.83. The Bertz CT molecular complexity index is 1040. The summed E-state index contributed by atoms with van der Waals surface area (Å²) in [7, 11) is 0. The lowest BCUT2D eigenvalue weighted by Gasteiger charge is -2.29. The molecule has 0 saturated carbocycles. The summed E-state index contributed by atoms with van der Waals surface area (Å²) >= 11 is 0. The maximum absolute atomic E-state index is 14.3. The molecule has 0 saturated heterocycles. The van der Waals surface area contributed by atoms with E-state index in [0.717, 1.165) is 12.1 Å². The Hall–Kier alpha value is -3.42. The van der Waals surface area contributed by atoms with Crippen molar-refractivity contribution in [1.82, 2.24) is 0 Å². The number of para-hydroxylation sites is 1. The zero-order valence-electron chi connectivity index (χ0n) is 15.1. The Labute approximate surface area is 164 Å². The van der Waals surface area contributed by atoms with Crippen molar-refractivity contribution in [2.75, 3.05) is 10.0 Å². The van der Waals surface area contributed by atoms with Gasteiger partial charge in [-0.25, -0.2) is 9.40 Å². The molecule has 2 heterocycles. The standard InChI is InChI=1S/C21H16F4N4/c1-14-10-12-28(16-6-4-5-15(13-16)21(23,24)25)27-20(14)19-9-11-26-29(19)18-8-3-2-7-17(18)22/h2-8,10-13,19H,1,9H2. The Morgan fingerprint density at radius 1 is 1.07 bits per heavy atom. The average molecular weight is 400 g/mol. The number of halogens is 4. The molecule has 1 unspecified atom stereocenters. The number of hydrogen-bond donors (Lipinski definition) is 0. The lowest BCUT2D eigenvalue weighted by Crippen LogP contribution is -2.38. The fraction of sp³-hybridized carbons (Fsp3) is 0.143. The molecule has 2 aromatic carbocycles.